The van der Waals surface area contributed by atoms with E-state index in [1.807, 2.05) is 12.1 Å². The van der Waals surface area contributed by atoms with Gasteiger partial charge in [-0.15, -0.1) is 0 Å². The summed E-state index contributed by atoms with van der Waals surface area (Å²) in [6, 6.07) is 8.84. The standard InChI is InChI=1S/C18H31NO2/c1-15(2)10-12-21-13-11-19(4)16(3)14-17-6-8-18(20-5)9-7-17/h6-9,15-16H,10-14H2,1-5H3. The van der Waals surface area contributed by atoms with Gasteiger partial charge >= 0.3 is 0 Å². The lowest BCUT2D eigenvalue weighted by Crippen LogP contribution is -2.33. The number of hydrogen-bond acceptors (Lipinski definition) is 3. The van der Waals surface area contributed by atoms with Crippen LogP contribution in [0.25, 0.3) is 0 Å². The molecular formula is C18H31NO2. The van der Waals surface area contributed by atoms with Gasteiger partial charge in [-0.05, 0) is 50.4 Å². The molecule has 1 rings (SSSR count). The first-order valence-electron chi connectivity index (χ1n) is 7.93. The molecule has 0 N–H and O–H groups in total. The van der Waals surface area contributed by atoms with Crippen LogP contribution in [0.1, 0.15) is 32.8 Å². The monoisotopic (exact) mass is 293 g/mol. The maximum absolute atomic E-state index is 5.69. The van der Waals surface area contributed by atoms with Crippen molar-refractivity contribution in [3.05, 3.63) is 29.8 Å². The molecule has 0 heterocycles. The molecule has 1 aromatic rings. The molecule has 0 aromatic heterocycles. The predicted molar refractivity (Wildman–Crippen MR) is 89.1 cm³/mol. The molecule has 0 amide bonds. The van der Waals surface area contributed by atoms with E-state index in [1.54, 1.807) is 7.11 Å². The highest BCUT2D eigenvalue weighted by Crippen LogP contribution is 2.14. The van der Waals surface area contributed by atoms with Crippen LogP contribution in [0.15, 0.2) is 24.3 Å². The third kappa shape index (κ3) is 7.49. The molecule has 1 atom stereocenters. The van der Waals surface area contributed by atoms with E-state index in [0.29, 0.717) is 6.04 Å². The van der Waals surface area contributed by atoms with Gasteiger partial charge < -0.3 is 14.4 Å². The summed E-state index contributed by atoms with van der Waals surface area (Å²) in [6.45, 7) is 9.39. The van der Waals surface area contributed by atoms with E-state index in [0.717, 1.165) is 44.3 Å². The van der Waals surface area contributed by atoms with Crippen molar-refractivity contribution in [2.75, 3.05) is 33.9 Å². The average molecular weight is 293 g/mol. The molecule has 3 nitrogen and oxygen atoms in total. The fraction of sp³-hybridized carbons (Fsp3) is 0.667. The molecule has 0 saturated heterocycles. The summed E-state index contributed by atoms with van der Waals surface area (Å²) in [4.78, 5) is 2.36. The van der Waals surface area contributed by atoms with Crippen LogP contribution in [0.2, 0.25) is 0 Å². The van der Waals surface area contributed by atoms with Crippen LogP contribution in [-0.4, -0.2) is 44.9 Å². The van der Waals surface area contributed by atoms with Crippen LogP contribution in [0.5, 0.6) is 5.75 Å². The quantitative estimate of drug-likeness (QED) is 0.615. The number of nitrogens with zero attached hydrogens (tertiary/aromatic N) is 1. The van der Waals surface area contributed by atoms with Crippen molar-refractivity contribution in [3.63, 3.8) is 0 Å². The van der Waals surface area contributed by atoms with Crippen molar-refractivity contribution >= 4 is 0 Å². The minimum absolute atomic E-state index is 0.507. The minimum Gasteiger partial charge on any atom is -0.497 e. The van der Waals surface area contributed by atoms with Crippen LogP contribution in [0.3, 0.4) is 0 Å². The van der Waals surface area contributed by atoms with Gasteiger partial charge in [-0.25, -0.2) is 0 Å². The first-order valence-corrected chi connectivity index (χ1v) is 7.93. The molecule has 0 fully saturated rings. The summed E-state index contributed by atoms with van der Waals surface area (Å²) in [5.74, 6) is 1.63. The number of methoxy groups -OCH3 is 1. The summed E-state index contributed by atoms with van der Waals surface area (Å²) in [6.07, 6.45) is 2.19. The molecule has 120 valence electrons. The first-order chi connectivity index (χ1) is 10.0. The SMILES string of the molecule is COc1ccc(CC(C)N(C)CCOCCC(C)C)cc1. The maximum atomic E-state index is 5.69. The lowest BCUT2D eigenvalue weighted by molar-refractivity contribution is 0.0935. The van der Waals surface area contributed by atoms with Crippen molar-refractivity contribution in [1.29, 1.82) is 0 Å². The van der Waals surface area contributed by atoms with E-state index < -0.39 is 0 Å². The summed E-state index contributed by atoms with van der Waals surface area (Å²) >= 11 is 0. The third-order valence-corrected chi connectivity index (χ3v) is 3.87. The molecule has 0 bridgehead atoms. The lowest BCUT2D eigenvalue weighted by Gasteiger charge is -2.24. The second kappa shape index (κ2) is 9.80. The largest absolute Gasteiger partial charge is 0.497 e. The van der Waals surface area contributed by atoms with Crippen LogP contribution in [-0.2, 0) is 11.2 Å². The van der Waals surface area contributed by atoms with Crippen molar-refractivity contribution < 1.29 is 9.47 Å². The maximum Gasteiger partial charge on any atom is 0.118 e. The van der Waals surface area contributed by atoms with Gasteiger partial charge in [0.05, 0.1) is 13.7 Å². The molecule has 0 spiro atoms. The van der Waals surface area contributed by atoms with Crippen LogP contribution >= 0.6 is 0 Å². The van der Waals surface area contributed by atoms with E-state index in [4.69, 9.17) is 9.47 Å². The highest BCUT2D eigenvalue weighted by atomic mass is 16.5. The summed E-state index contributed by atoms with van der Waals surface area (Å²) < 4.78 is 10.9. The molecule has 21 heavy (non-hydrogen) atoms. The predicted octanol–water partition coefficient (Wildman–Crippen LogP) is 3.62. The smallest absolute Gasteiger partial charge is 0.118 e. The molecule has 3 heteroatoms. The highest BCUT2D eigenvalue weighted by molar-refractivity contribution is 5.27. The Morgan fingerprint density at radius 2 is 1.71 bits per heavy atom. The molecular weight excluding hydrogens is 262 g/mol. The van der Waals surface area contributed by atoms with Crippen LogP contribution < -0.4 is 4.74 Å². The van der Waals surface area contributed by atoms with Gasteiger partial charge in [-0.1, -0.05) is 26.0 Å². The lowest BCUT2D eigenvalue weighted by atomic mass is 10.1. The summed E-state index contributed by atoms with van der Waals surface area (Å²) in [7, 11) is 3.87. The zero-order chi connectivity index (χ0) is 15.7. The van der Waals surface area contributed by atoms with Crippen molar-refractivity contribution in [2.24, 2.45) is 5.92 Å². The second-order valence-corrected chi connectivity index (χ2v) is 6.18. The van der Waals surface area contributed by atoms with Crippen LogP contribution in [0.4, 0.5) is 0 Å². The van der Waals surface area contributed by atoms with E-state index in [1.165, 1.54) is 5.56 Å². The molecule has 0 radical (unpaired) electrons. The van der Waals surface area contributed by atoms with Crippen molar-refractivity contribution in [3.8, 4) is 5.75 Å². The van der Waals surface area contributed by atoms with Gasteiger partial charge in [0.1, 0.15) is 5.75 Å². The topological polar surface area (TPSA) is 21.7 Å². The normalized spacial score (nSPS) is 12.9. The number of ether oxygens (including phenoxy) is 2. The van der Waals surface area contributed by atoms with E-state index in [-0.39, 0.29) is 0 Å². The first kappa shape index (κ1) is 18.0. The Kier molecular flexibility index (Phi) is 8.40. The summed E-state index contributed by atoms with van der Waals surface area (Å²) in [5, 5.41) is 0. The van der Waals surface area contributed by atoms with Gasteiger partial charge in [-0.3, -0.25) is 0 Å². The number of hydrogen-bond donors (Lipinski definition) is 0. The Labute approximate surface area is 130 Å². The molecule has 0 saturated carbocycles. The van der Waals surface area contributed by atoms with Crippen molar-refractivity contribution in [2.45, 2.75) is 39.7 Å². The van der Waals surface area contributed by atoms with Gasteiger partial charge in [0.2, 0.25) is 0 Å². The fourth-order valence-corrected chi connectivity index (χ4v) is 2.11. The van der Waals surface area contributed by atoms with Gasteiger partial charge in [0.15, 0.2) is 0 Å². The number of likely N-dealkylation sites (N-methyl/N-ethyl adjacent to an activating group) is 1. The Morgan fingerprint density at radius 1 is 1.05 bits per heavy atom. The minimum atomic E-state index is 0.507. The molecule has 0 aliphatic heterocycles. The fourth-order valence-electron chi connectivity index (χ4n) is 2.11. The number of benzene rings is 1. The average Bonchev–Trinajstić information content (AvgIpc) is 2.47. The molecule has 0 aliphatic rings. The number of rotatable bonds is 10. The Hall–Kier alpha value is -1.06. The van der Waals surface area contributed by atoms with Crippen molar-refractivity contribution in [1.82, 2.24) is 4.90 Å². The molecule has 1 aromatic carbocycles. The van der Waals surface area contributed by atoms with Crippen LogP contribution in [0, 0.1) is 5.92 Å². The van der Waals surface area contributed by atoms with E-state index >= 15 is 0 Å². The Bertz CT molecular complexity index is 375. The Balaban J connectivity index is 2.25. The van der Waals surface area contributed by atoms with Gasteiger partial charge in [-0.2, -0.15) is 0 Å². The zero-order valence-electron chi connectivity index (χ0n) is 14.3. The Morgan fingerprint density at radius 3 is 2.29 bits per heavy atom. The second-order valence-electron chi connectivity index (χ2n) is 6.18. The summed E-state index contributed by atoms with van der Waals surface area (Å²) in [5.41, 5.74) is 1.34. The highest BCUT2D eigenvalue weighted by Gasteiger charge is 2.10. The van der Waals surface area contributed by atoms with E-state index in [2.05, 4.69) is 44.9 Å². The molecule has 0 aliphatic carbocycles. The van der Waals surface area contributed by atoms with Gasteiger partial charge in [0.25, 0.3) is 0 Å². The molecule has 1 unspecified atom stereocenters. The third-order valence-electron chi connectivity index (χ3n) is 3.87. The van der Waals surface area contributed by atoms with E-state index in [9.17, 15) is 0 Å². The van der Waals surface area contributed by atoms with Gasteiger partial charge in [0, 0.05) is 19.2 Å². The zero-order valence-corrected chi connectivity index (χ0v) is 14.3.